The minimum absolute atomic E-state index is 0.122. The Morgan fingerprint density at radius 1 is 0.900 bits per heavy atom. The van der Waals surface area contributed by atoms with Crippen molar-refractivity contribution in [3.8, 4) is 22.6 Å². The molecule has 204 valence electrons. The normalized spacial score (nSPS) is 11.9. The Kier molecular flexibility index (Phi) is 8.59. The van der Waals surface area contributed by atoms with Crippen molar-refractivity contribution in [2.45, 2.75) is 32.6 Å². The molecular weight excluding hydrogens is 500 g/mol. The van der Waals surface area contributed by atoms with Gasteiger partial charge in [-0.15, -0.1) is 0 Å². The van der Waals surface area contributed by atoms with Gasteiger partial charge in [0.2, 0.25) is 0 Å². The maximum atomic E-state index is 12.5. The van der Waals surface area contributed by atoms with E-state index in [-0.39, 0.29) is 18.5 Å². The van der Waals surface area contributed by atoms with Gasteiger partial charge in [-0.25, -0.2) is 0 Å². The van der Waals surface area contributed by atoms with Crippen LogP contribution in [0.1, 0.15) is 23.6 Å². The average Bonchev–Trinajstić information content (AvgIpc) is 3.41. The predicted octanol–water partition coefficient (Wildman–Crippen LogP) is 6.46. The highest BCUT2D eigenvalue weighted by Gasteiger charge is 2.15. The van der Waals surface area contributed by atoms with Crippen LogP contribution in [-0.4, -0.2) is 30.4 Å². The summed E-state index contributed by atoms with van der Waals surface area (Å²) in [6.07, 6.45) is 1.92. The van der Waals surface area contributed by atoms with Gasteiger partial charge in [0.05, 0.1) is 18.5 Å². The summed E-state index contributed by atoms with van der Waals surface area (Å²) in [7, 11) is 1.59. The van der Waals surface area contributed by atoms with Crippen LogP contribution in [0.15, 0.2) is 103 Å². The van der Waals surface area contributed by atoms with Crippen LogP contribution < -0.4 is 10.5 Å². The Morgan fingerprint density at radius 3 is 2.50 bits per heavy atom. The van der Waals surface area contributed by atoms with Gasteiger partial charge in [-0.05, 0) is 71.6 Å². The van der Waals surface area contributed by atoms with Crippen LogP contribution in [0, 0.1) is 0 Å². The molecule has 5 aromatic rings. The zero-order valence-corrected chi connectivity index (χ0v) is 22.9. The van der Waals surface area contributed by atoms with E-state index in [0.717, 1.165) is 44.4 Å². The fourth-order valence-corrected chi connectivity index (χ4v) is 4.94. The van der Waals surface area contributed by atoms with Crippen LogP contribution in [0.3, 0.4) is 0 Å². The average molecular weight is 535 g/mol. The summed E-state index contributed by atoms with van der Waals surface area (Å²) in [6, 6.07) is 32.7. The van der Waals surface area contributed by atoms with Crippen LogP contribution in [0.5, 0.6) is 5.75 Å². The Morgan fingerprint density at radius 2 is 1.70 bits per heavy atom. The van der Waals surface area contributed by atoms with Crippen LogP contribution in [0.2, 0.25) is 0 Å². The Hall–Kier alpha value is -4.39. The van der Waals surface area contributed by atoms with E-state index in [1.807, 2.05) is 61.5 Å². The minimum Gasteiger partial charge on any atom is -0.489 e. The quantitative estimate of drug-likeness (QED) is 0.197. The molecule has 0 aliphatic heterocycles. The van der Waals surface area contributed by atoms with Crippen molar-refractivity contribution in [1.29, 1.82) is 0 Å². The van der Waals surface area contributed by atoms with Gasteiger partial charge < -0.3 is 24.5 Å². The van der Waals surface area contributed by atoms with Crippen LogP contribution >= 0.6 is 0 Å². The number of aromatic nitrogens is 1. The summed E-state index contributed by atoms with van der Waals surface area (Å²) in [6.45, 7) is 2.99. The molecule has 1 unspecified atom stereocenters. The molecule has 0 amide bonds. The van der Waals surface area contributed by atoms with E-state index in [9.17, 15) is 4.79 Å². The number of ether oxygens (including phenoxy) is 3. The Bertz CT molecular complexity index is 1590. The first-order valence-electron chi connectivity index (χ1n) is 13.4. The topological polar surface area (TPSA) is 75.7 Å². The summed E-state index contributed by atoms with van der Waals surface area (Å²) >= 11 is 0. The predicted molar refractivity (Wildman–Crippen MR) is 159 cm³/mol. The first kappa shape index (κ1) is 27.2. The molecule has 6 heteroatoms. The number of nitrogens with zero attached hydrogens (tertiary/aromatic N) is 1. The van der Waals surface area contributed by atoms with Gasteiger partial charge in [-0.1, -0.05) is 54.6 Å². The monoisotopic (exact) mass is 534 g/mol. The lowest BCUT2D eigenvalue weighted by atomic mass is 9.97. The van der Waals surface area contributed by atoms with Crippen molar-refractivity contribution in [1.82, 2.24) is 4.57 Å². The smallest absolute Gasteiger partial charge is 0.310 e. The highest BCUT2D eigenvalue weighted by atomic mass is 16.6. The van der Waals surface area contributed by atoms with Crippen molar-refractivity contribution in [3.63, 3.8) is 0 Å². The number of methoxy groups -OCH3 is 1. The summed E-state index contributed by atoms with van der Waals surface area (Å²) in [5.74, 6) is 0.342. The second-order valence-corrected chi connectivity index (χ2v) is 9.83. The van der Waals surface area contributed by atoms with Gasteiger partial charge in [0.15, 0.2) is 0 Å². The molecule has 0 bridgehead atoms. The van der Waals surface area contributed by atoms with E-state index < -0.39 is 0 Å². The van der Waals surface area contributed by atoms with E-state index in [4.69, 9.17) is 19.9 Å². The molecular formula is C34H34N2O4. The number of esters is 1. The van der Waals surface area contributed by atoms with Crippen LogP contribution in [0.4, 0.5) is 0 Å². The lowest BCUT2D eigenvalue weighted by Crippen LogP contribution is -2.21. The third kappa shape index (κ3) is 6.25. The maximum absolute atomic E-state index is 12.5. The third-order valence-electron chi connectivity index (χ3n) is 6.81. The molecule has 0 fully saturated rings. The van der Waals surface area contributed by atoms with Gasteiger partial charge >= 0.3 is 5.97 Å². The standard InChI is InChI=1S/C34H34N2O4/c1-24(22-38-2)40-34(37)20-28-10-6-7-14-33(28)39-23-26-18-31(27-11-8-9-25(17-27)21-35)30-15-16-36(32(30)19-26)29-12-4-3-5-13-29/h3-19,24H,20-23,35H2,1-2H3. The van der Waals surface area contributed by atoms with Crippen LogP contribution in [0.25, 0.3) is 27.7 Å². The largest absolute Gasteiger partial charge is 0.489 e. The first-order valence-corrected chi connectivity index (χ1v) is 13.4. The summed E-state index contributed by atoms with van der Waals surface area (Å²) in [4.78, 5) is 12.5. The number of carbonyl (C=O) groups is 1. The molecule has 40 heavy (non-hydrogen) atoms. The summed E-state index contributed by atoms with van der Waals surface area (Å²) < 4.78 is 19.0. The fraction of sp³-hybridized carbons (Fsp3) is 0.206. The molecule has 0 aliphatic rings. The van der Waals surface area contributed by atoms with Gasteiger partial charge in [0, 0.05) is 36.5 Å². The van der Waals surface area contributed by atoms with Crippen molar-refractivity contribution >= 4 is 16.9 Å². The highest BCUT2D eigenvalue weighted by Crippen LogP contribution is 2.33. The maximum Gasteiger partial charge on any atom is 0.310 e. The number of hydrogen-bond acceptors (Lipinski definition) is 5. The molecule has 4 aromatic carbocycles. The molecule has 5 rings (SSSR count). The lowest BCUT2D eigenvalue weighted by molar-refractivity contribution is -0.149. The molecule has 1 atom stereocenters. The molecule has 0 radical (unpaired) electrons. The number of benzene rings is 4. The van der Waals surface area contributed by atoms with Gasteiger partial charge in [-0.2, -0.15) is 0 Å². The fourth-order valence-electron chi connectivity index (χ4n) is 4.94. The van der Waals surface area contributed by atoms with Crippen molar-refractivity contribution in [3.05, 3.63) is 120 Å². The summed E-state index contributed by atoms with van der Waals surface area (Å²) in [5, 5.41) is 1.15. The molecule has 1 heterocycles. The Balaban J connectivity index is 1.47. The van der Waals surface area contributed by atoms with Crippen molar-refractivity contribution in [2.24, 2.45) is 5.73 Å². The number of para-hydroxylation sites is 2. The zero-order chi connectivity index (χ0) is 27.9. The number of rotatable bonds is 11. The third-order valence-corrected chi connectivity index (χ3v) is 6.81. The summed E-state index contributed by atoms with van der Waals surface area (Å²) in [5.41, 5.74) is 13.2. The van der Waals surface area contributed by atoms with E-state index in [1.165, 1.54) is 0 Å². The van der Waals surface area contributed by atoms with E-state index in [2.05, 4.69) is 53.2 Å². The number of carbonyl (C=O) groups excluding carboxylic acids is 1. The highest BCUT2D eigenvalue weighted by molar-refractivity contribution is 5.97. The Labute approximate surface area is 234 Å². The van der Waals surface area contributed by atoms with Gasteiger partial charge in [-0.3, -0.25) is 4.79 Å². The minimum atomic E-state index is -0.315. The van der Waals surface area contributed by atoms with E-state index in [0.29, 0.717) is 25.5 Å². The number of hydrogen-bond donors (Lipinski definition) is 1. The van der Waals surface area contributed by atoms with Crippen molar-refractivity contribution < 1.29 is 19.0 Å². The molecule has 6 nitrogen and oxygen atoms in total. The molecule has 0 saturated heterocycles. The molecule has 0 spiro atoms. The molecule has 0 saturated carbocycles. The van der Waals surface area contributed by atoms with Crippen molar-refractivity contribution in [2.75, 3.05) is 13.7 Å². The zero-order valence-electron chi connectivity index (χ0n) is 22.9. The van der Waals surface area contributed by atoms with Gasteiger partial charge in [0.25, 0.3) is 0 Å². The van der Waals surface area contributed by atoms with Gasteiger partial charge in [0.1, 0.15) is 18.5 Å². The lowest BCUT2D eigenvalue weighted by Gasteiger charge is -2.15. The van der Waals surface area contributed by atoms with E-state index >= 15 is 0 Å². The molecule has 1 aromatic heterocycles. The van der Waals surface area contributed by atoms with E-state index in [1.54, 1.807) is 7.11 Å². The molecule has 0 aliphatic carbocycles. The molecule has 2 N–H and O–H groups in total. The SMILES string of the molecule is COCC(C)OC(=O)Cc1ccccc1OCc1cc(-c2cccc(CN)c2)c2ccn(-c3ccccc3)c2c1. The second-order valence-electron chi connectivity index (χ2n) is 9.83. The number of fused-ring (bicyclic) bond motifs is 1. The second kappa shape index (κ2) is 12.6. The first-order chi connectivity index (χ1) is 19.6. The number of nitrogens with two attached hydrogens (primary N) is 1. The van der Waals surface area contributed by atoms with Crippen LogP contribution in [-0.2, 0) is 33.8 Å².